The van der Waals surface area contributed by atoms with Gasteiger partial charge in [-0.05, 0) is 49.6 Å². The Hall–Kier alpha value is -2.78. The molecule has 0 aliphatic carbocycles. The molecular formula is C18H16FN3O3S2. The highest BCUT2D eigenvalue weighted by Crippen LogP contribution is 2.30. The molecule has 2 aromatic heterocycles. The number of aromatic nitrogens is 1. The number of nitrogens with one attached hydrogen (secondary N) is 2. The maximum Gasteiger partial charge on any atom is 0.281 e. The molecule has 2 heterocycles. The SMILES string of the molecule is Cc1nc(-c2cccs2)sc1C(=O)NNC(=O)C(C)Oc1ccc(F)cc1. The molecule has 1 aromatic carbocycles. The van der Waals surface area contributed by atoms with Gasteiger partial charge in [0.05, 0.1) is 10.6 Å². The highest BCUT2D eigenvalue weighted by atomic mass is 32.1. The molecule has 3 aromatic rings. The van der Waals surface area contributed by atoms with Crippen molar-refractivity contribution in [2.75, 3.05) is 0 Å². The van der Waals surface area contributed by atoms with E-state index in [-0.39, 0.29) is 0 Å². The molecule has 0 aliphatic rings. The van der Waals surface area contributed by atoms with E-state index >= 15 is 0 Å². The normalized spacial score (nSPS) is 11.7. The minimum absolute atomic E-state index is 0.351. The molecule has 0 fully saturated rings. The monoisotopic (exact) mass is 405 g/mol. The van der Waals surface area contributed by atoms with Crippen molar-refractivity contribution < 1.29 is 18.7 Å². The number of carbonyl (C=O) groups is 2. The van der Waals surface area contributed by atoms with Gasteiger partial charge in [-0.3, -0.25) is 20.4 Å². The number of hydrazine groups is 1. The van der Waals surface area contributed by atoms with Gasteiger partial charge in [0.15, 0.2) is 6.10 Å². The van der Waals surface area contributed by atoms with Gasteiger partial charge in [-0.15, -0.1) is 22.7 Å². The summed E-state index contributed by atoms with van der Waals surface area (Å²) in [4.78, 5) is 30.2. The van der Waals surface area contributed by atoms with E-state index in [1.807, 2.05) is 17.5 Å². The zero-order valence-electron chi connectivity index (χ0n) is 14.5. The van der Waals surface area contributed by atoms with Crippen LogP contribution >= 0.6 is 22.7 Å². The number of thiophene rings is 1. The Bertz CT molecular complexity index is 939. The lowest BCUT2D eigenvalue weighted by molar-refractivity contribution is -0.128. The van der Waals surface area contributed by atoms with Crippen LogP contribution in [0.15, 0.2) is 41.8 Å². The average Bonchev–Trinajstić information content (AvgIpc) is 3.30. The number of carbonyl (C=O) groups excluding carboxylic acids is 2. The average molecular weight is 405 g/mol. The Balaban J connectivity index is 1.57. The van der Waals surface area contributed by atoms with Crippen LogP contribution in [0.4, 0.5) is 4.39 Å². The highest BCUT2D eigenvalue weighted by Gasteiger charge is 2.19. The van der Waals surface area contributed by atoms with Gasteiger partial charge in [-0.25, -0.2) is 9.37 Å². The van der Waals surface area contributed by atoms with Gasteiger partial charge in [0.25, 0.3) is 11.8 Å². The second-order valence-corrected chi connectivity index (χ2v) is 7.51. The molecule has 0 aliphatic heterocycles. The van der Waals surface area contributed by atoms with Gasteiger partial charge in [0.2, 0.25) is 0 Å². The van der Waals surface area contributed by atoms with Crippen LogP contribution in [0.5, 0.6) is 5.75 Å². The van der Waals surface area contributed by atoms with Crippen molar-refractivity contribution in [2.24, 2.45) is 0 Å². The van der Waals surface area contributed by atoms with Gasteiger partial charge in [0.1, 0.15) is 21.5 Å². The van der Waals surface area contributed by atoms with Crippen molar-refractivity contribution in [3.05, 3.63) is 58.2 Å². The quantitative estimate of drug-likeness (QED) is 0.636. The summed E-state index contributed by atoms with van der Waals surface area (Å²) in [6.45, 7) is 3.27. The molecule has 0 saturated carbocycles. The van der Waals surface area contributed by atoms with Crippen LogP contribution in [0, 0.1) is 12.7 Å². The third kappa shape index (κ3) is 4.69. The number of aryl methyl sites for hydroxylation is 1. The van der Waals surface area contributed by atoms with Crippen LogP contribution in [0.2, 0.25) is 0 Å². The molecule has 27 heavy (non-hydrogen) atoms. The minimum Gasteiger partial charge on any atom is -0.481 e. The molecule has 6 nitrogen and oxygen atoms in total. The summed E-state index contributed by atoms with van der Waals surface area (Å²) < 4.78 is 18.3. The van der Waals surface area contributed by atoms with Crippen LogP contribution in [0.25, 0.3) is 9.88 Å². The van der Waals surface area contributed by atoms with E-state index in [1.165, 1.54) is 42.5 Å². The fourth-order valence-corrected chi connectivity index (χ4v) is 3.92. The molecule has 9 heteroatoms. The molecule has 1 unspecified atom stereocenters. The zero-order valence-corrected chi connectivity index (χ0v) is 16.1. The van der Waals surface area contributed by atoms with Crippen LogP contribution in [-0.2, 0) is 4.79 Å². The largest absolute Gasteiger partial charge is 0.481 e. The molecule has 0 radical (unpaired) electrons. The van der Waals surface area contributed by atoms with Gasteiger partial charge in [0, 0.05) is 0 Å². The Labute approximate surface area is 163 Å². The summed E-state index contributed by atoms with van der Waals surface area (Å²) in [5, 5.41) is 2.70. The Morgan fingerprint density at radius 3 is 2.59 bits per heavy atom. The lowest BCUT2D eigenvalue weighted by atomic mass is 10.3. The number of rotatable bonds is 5. The number of ether oxygens (including phenoxy) is 1. The fraction of sp³-hybridized carbons (Fsp3) is 0.167. The first-order valence-corrected chi connectivity index (χ1v) is 9.67. The molecule has 0 saturated heterocycles. The van der Waals surface area contributed by atoms with Crippen molar-refractivity contribution in [3.63, 3.8) is 0 Å². The van der Waals surface area contributed by atoms with Crippen LogP contribution in [0.3, 0.4) is 0 Å². The number of halogens is 1. The molecule has 2 N–H and O–H groups in total. The van der Waals surface area contributed by atoms with E-state index in [0.29, 0.717) is 16.3 Å². The number of thiazole rings is 1. The Kier molecular flexibility index (Phi) is 5.82. The summed E-state index contributed by atoms with van der Waals surface area (Å²) in [5.74, 6) is -1.03. The number of benzene rings is 1. The van der Waals surface area contributed by atoms with E-state index in [2.05, 4.69) is 15.8 Å². The number of nitrogens with zero attached hydrogens (tertiary/aromatic N) is 1. The predicted molar refractivity (Wildman–Crippen MR) is 102 cm³/mol. The van der Waals surface area contributed by atoms with Gasteiger partial charge in [-0.2, -0.15) is 0 Å². The fourth-order valence-electron chi connectivity index (χ4n) is 2.16. The van der Waals surface area contributed by atoms with Crippen molar-refractivity contribution in [1.82, 2.24) is 15.8 Å². The van der Waals surface area contributed by atoms with E-state index in [4.69, 9.17) is 4.74 Å². The van der Waals surface area contributed by atoms with Crippen molar-refractivity contribution >= 4 is 34.5 Å². The highest BCUT2D eigenvalue weighted by molar-refractivity contribution is 7.22. The first kappa shape index (κ1) is 19.0. The first-order valence-electron chi connectivity index (χ1n) is 7.98. The standard InChI is InChI=1S/C18H16FN3O3S2/c1-10-15(27-18(20-10)14-4-3-9-26-14)17(24)22-21-16(23)11(2)25-13-7-5-12(19)6-8-13/h3-9,11H,1-2H3,(H,21,23)(H,22,24). The zero-order chi connectivity index (χ0) is 19.4. The molecule has 0 spiro atoms. The summed E-state index contributed by atoms with van der Waals surface area (Å²) >= 11 is 2.80. The van der Waals surface area contributed by atoms with E-state index in [0.717, 1.165) is 9.88 Å². The summed E-state index contributed by atoms with van der Waals surface area (Å²) in [6.07, 6.45) is -0.875. The topological polar surface area (TPSA) is 80.3 Å². The third-order valence-corrected chi connectivity index (χ3v) is 5.73. The molecular weight excluding hydrogens is 389 g/mol. The maximum atomic E-state index is 12.9. The van der Waals surface area contributed by atoms with Gasteiger partial charge < -0.3 is 4.74 Å². The Morgan fingerprint density at radius 2 is 1.93 bits per heavy atom. The lowest BCUT2D eigenvalue weighted by Crippen LogP contribution is -2.47. The number of hydrogen-bond acceptors (Lipinski definition) is 6. The van der Waals surface area contributed by atoms with E-state index in [1.54, 1.807) is 18.3 Å². The Morgan fingerprint density at radius 1 is 1.19 bits per heavy atom. The number of hydrogen-bond donors (Lipinski definition) is 2. The van der Waals surface area contributed by atoms with Gasteiger partial charge in [-0.1, -0.05) is 6.07 Å². The second-order valence-electron chi connectivity index (χ2n) is 5.57. The van der Waals surface area contributed by atoms with Crippen LogP contribution < -0.4 is 15.6 Å². The molecule has 0 bridgehead atoms. The summed E-state index contributed by atoms with van der Waals surface area (Å²) in [7, 11) is 0. The summed E-state index contributed by atoms with van der Waals surface area (Å²) in [6, 6.07) is 9.16. The first-order chi connectivity index (χ1) is 12.9. The van der Waals surface area contributed by atoms with Crippen LogP contribution in [0.1, 0.15) is 22.3 Å². The van der Waals surface area contributed by atoms with Crippen LogP contribution in [-0.4, -0.2) is 22.9 Å². The molecule has 2 amide bonds. The van der Waals surface area contributed by atoms with Crippen molar-refractivity contribution in [2.45, 2.75) is 20.0 Å². The molecule has 1 atom stereocenters. The van der Waals surface area contributed by atoms with E-state index < -0.39 is 23.7 Å². The third-order valence-electron chi connectivity index (χ3n) is 3.53. The smallest absolute Gasteiger partial charge is 0.281 e. The summed E-state index contributed by atoms with van der Waals surface area (Å²) in [5.41, 5.74) is 5.29. The van der Waals surface area contributed by atoms with Gasteiger partial charge >= 0.3 is 0 Å². The second kappa shape index (κ2) is 8.28. The minimum atomic E-state index is -0.875. The van der Waals surface area contributed by atoms with E-state index in [9.17, 15) is 14.0 Å². The van der Waals surface area contributed by atoms with Crippen molar-refractivity contribution in [1.29, 1.82) is 0 Å². The molecule has 3 rings (SSSR count). The van der Waals surface area contributed by atoms with Crippen molar-refractivity contribution in [3.8, 4) is 15.6 Å². The maximum absolute atomic E-state index is 12.9. The predicted octanol–water partition coefficient (Wildman–Crippen LogP) is 3.55. The lowest BCUT2D eigenvalue weighted by Gasteiger charge is -2.15. The number of amides is 2. The molecule has 140 valence electrons.